The van der Waals surface area contributed by atoms with Crippen molar-refractivity contribution >= 4 is 0 Å². The summed E-state index contributed by atoms with van der Waals surface area (Å²) in [6.45, 7) is 0. The molecule has 0 N–H and O–H groups in total. The average molecular weight is 158 g/mol. The van der Waals surface area contributed by atoms with E-state index in [4.69, 9.17) is 7.76 Å². The van der Waals surface area contributed by atoms with Gasteiger partial charge in [0, 0.05) is 0 Å². The summed E-state index contributed by atoms with van der Waals surface area (Å²) < 4.78 is 15.8. The maximum absolute atomic E-state index is 7.94. The van der Waals surface area contributed by atoms with Crippen LogP contribution >= 0.6 is 0 Å². The molecule has 0 rings (SSSR count). The van der Waals surface area contributed by atoms with Crippen molar-refractivity contribution in [3.63, 3.8) is 0 Å². The van der Waals surface area contributed by atoms with Crippen LogP contribution < -0.4 is 18.9 Å². The van der Waals surface area contributed by atoms with Gasteiger partial charge in [0.15, 0.2) is 0 Å². The van der Waals surface area contributed by atoms with Crippen LogP contribution in [0.25, 0.3) is 0 Å². The molecule has 0 aromatic carbocycles. The Labute approximate surface area is 59.1 Å². The van der Waals surface area contributed by atoms with Gasteiger partial charge in [-0.3, -0.25) is 0 Å². The zero-order valence-corrected chi connectivity index (χ0v) is 4.49. The van der Waals surface area contributed by atoms with Crippen molar-refractivity contribution in [2.75, 3.05) is 0 Å². The molecule has 0 fully saturated rings. The first-order valence-corrected chi connectivity index (χ1v) is 1.09. The first-order chi connectivity index (χ1) is 2.00. The van der Waals surface area contributed by atoms with Crippen molar-refractivity contribution < 1.29 is 59.1 Å². The summed E-state index contributed by atoms with van der Waals surface area (Å²) in [4.78, 5) is 0. The Morgan fingerprint density at radius 1 is 1.40 bits per heavy atom. The van der Waals surface area contributed by atoms with Gasteiger partial charge in [0.05, 0.1) is 0 Å². The molecule has 0 radical (unpaired) electrons. The second-order valence-corrected chi connectivity index (χ2v) is 0. The molecule has 0 atom stereocenters. The van der Waals surface area contributed by atoms with Gasteiger partial charge in [-0.05, 0) is 0 Å². The standard InChI is InChI=1S/Co.Li.Ni.2O.H/q;+1;;;;-1. The molecule has 5 heteroatoms. The van der Waals surface area contributed by atoms with Gasteiger partial charge >= 0.3 is 57.7 Å². The third kappa shape index (κ3) is 37.1. The summed E-state index contributed by atoms with van der Waals surface area (Å²) in [5.74, 6) is 0. The quantitative estimate of drug-likeness (QED) is 0.349. The second-order valence-electron chi connectivity index (χ2n) is 0. The molecule has 0 aromatic heterocycles. The molecule has 0 aliphatic rings. The third-order valence-electron chi connectivity index (χ3n) is 0. The second kappa shape index (κ2) is 63.9. The van der Waals surface area contributed by atoms with Gasteiger partial charge in [-0.25, -0.2) is 0 Å². The van der Waals surface area contributed by atoms with E-state index in [0.29, 0.717) is 0 Å². The Hall–Kier alpha value is 1.20. The van der Waals surface area contributed by atoms with Crippen LogP contribution in [0.5, 0.6) is 0 Å². The van der Waals surface area contributed by atoms with E-state index >= 15 is 0 Å². The molecule has 0 aliphatic carbocycles. The Morgan fingerprint density at radius 3 is 1.40 bits per heavy atom. The van der Waals surface area contributed by atoms with Gasteiger partial charge in [-0.2, -0.15) is 0 Å². The Balaban J connectivity index is -0.00000000500. The number of hydrogen-bond donors (Lipinski definition) is 0. The van der Waals surface area contributed by atoms with Crippen LogP contribution in [0.1, 0.15) is 1.43 Å². The van der Waals surface area contributed by atoms with Crippen molar-refractivity contribution in [2.24, 2.45) is 0 Å². The fourth-order valence-corrected chi connectivity index (χ4v) is 0. The van der Waals surface area contributed by atoms with E-state index in [9.17, 15) is 0 Å². The predicted octanol–water partition coefficient (Wildman–Crippen LogP) is -3.13. The zero-order valence-electron chi connectivity index (χ0n) is 3.47. The Morgan fingerprint density at radius 2 is 1.40 bits per heavy atom. The van der Waals surface area contributed by atoms with Crippen LogP contribution in [-0.4, -0.2) is 0 Å². The Kier molecular flexibility index (Phi) is 209. The summed E-state index contributed by atoms with van der Waals surface area (Å²) in [5.41, 5.74) is 0. The summed E-state index contributed by atoms with van der Waals surface area (Å²) in [5, 5.41) is 0. The van der Waals surface area contributed by atoms with Crippen LogP contribution in [-0.2, 0) is 38.8 Å². The molecular formula is HCoLiNiO2. The van der Waals surface area contributed by atoms with Gasteiger partial charge in [0.25, 0.3) is 0 Å². The number of rotatable bonds is 0. The average Bonchev–Trinajstić information content (AvgIpc) is 1.50. The van der Waals surface area contributed by atoms with E-state index in [1.54, 1.807) is 0 Å². The van der Waals surface area contributed by atoms with E-state index in [1.165, 1.54) is 0 Å². The van der Waals surface area contributed by atoms with E-state index < -0.39 is 0 Å². The monoisotopic (exact) mass is 157 g/mol. The maximum atomic E-state index is 7.94. The first-order valence-electron chi connectivity index (χ1n) is 0.265. The van der Waals surface area contributed by atoms with Crippen molar-refractivity contribution in [2.45, 2.75) is 0 Å². The molecule has 0 unspecified atom stereocenters. The molecule has 0 amide bonds. The SMILES string of the molecule is [H-].[Li+].[O]=[Co].[O]=[Ni]. The van der Waals surface area contributed by atoms with E-state index in [-0.39, 0.29) is 20.3 Å². The molecular weight excluding hydrogens is 157 g/mol. The fourth-order valence-electron chi connectivity index (χ4n) is 0. The fraction of sp³-hybridized carbons (Fsp3) is 0. The van der Waals surface area contributed by atoms with Crippen LogP contribution in [0.2, 0.25) is 0 Å². The summed E-state index contributed by atoms with van der Waals surface area (Å²) in [6.07, 6.45) is 0. The minimum atomic E-state index is 0. The zero-order chi connectivity index (χ0) is 4.00. The summed E-state index contributed by atoms with van der Waals surface area (Å²) >= 11 is 4.94. The van der Waals surface area contributed by atoms with E-state index in [2.05, 4.69) is 31.1 Å². The van der Waals surface area contributed by atoms with Gasteiger partial charge < -0.3 is 1.43 Å². The molecule has 2 nitrogen and oxygen atoms in total. The van der Waals surface area contributed by atoms with E-state index in [1.807, 2.05) is 0 Å². The van der Waals surface area contributed by atoms with Crippen LogP contribution in [0.4, 0.5) is 0 Å². The Bertz CT molecular complexity index is 15.5. The van der Waals surface area contributed by atoms with E-state index in [0.717, 1.165) is 0 Å². The predicted molar refractivity (Wildman–Crippen MR) is 2.49 cm³/mol. The van der Waals surface area contributed by atoms with Crippen LogP contribution in [0.15, 0.2) is 0 Å². The molecule has 0 saturated carbocycles. The molecule has 0 aliphatic heterocycles. The van der Waals surface area contributed by atoms with Crippen LogP contribution in [0, 0.1) is 0 Å². The molecule has 0 heterocycles. The van der Waals surface area contributed by atoms with Crippen molar-refractivity contribution in [3.05, 3.63) is 0 Å². The van der Waals surface area contributed by atoms with Gasteiger partial charge in [0.2, 0.25) is 0 Å². The minimum absolute atomic E-state index is 0. The molecule has 0 spiro atoms. The van der Waals surface area contributed by atoms with Crippen molar-refractivity contribution in [3.8, 4) is 0 Å². The molecule has 0 bridgehead atoms. The van der Waals surface area contributed by atoms with Crippen molar-refractivity contribution in [1.29, 1.82) is 0 Å². The normalized spacial score (nSPS) is 2.20. The topological polar surface area (TPSA) is 34.1 Å². The van der Waals surface area contributed by atoms with Gasteiger partial charge in [-0.15, -0.1) is 0 Å². The number of hydrogen-bond acceptors (Lipinski definition) is 2. The van der Waals surface area contributed by atoms with Crippen molar-refractivity contribution in [1.82, 2.24) is 0 Å². The summed E-state index contributed by atoms with van der Waals surface area (Å²) in [7, 11) is 0. The molecule has 0 saturated heterocycles. The third-order valence-corrected chi connectivity index (χ3v) is 0. The van der Waals surface area contributed by atoms with Gasteiger partial charge in [0.1, 0.15) is 0 Å². The molecule has 0 aromatic rings. The van der Waals surface area contributed by atoms with Crippen LogP contribution in [0.3, 0.4) is 0 Å². The first kappa shape index (κ1) is 16.4. The van der Waals surface area contributed by atoms with Gasteiger partial charge in [-0.1, -0.05) is 0 Å². The molecule has 5 heavy (non-hydrogen) atoms. The molecule has 33 valence electrons. The summed E-state index contributed by atoms with van der Waals surface area (Å²) in [6, 6.07) is 0.